The van der Waals surface area contributed by atoms with Crippen LogP contribution in [0.15, 0.2) is 54.6 Å². The van der Waals surface area contributed by atoms with E-state index in [4.69, 9.17) is 5.11 Å². The standard InChI is InChI=1S/C26H31N3O2/c27-18-25(28-24-17-23(24)20-6-2-1-3-7-20)21-12-15-29(16-13-21)14-4-5-19-8-10-22(11-9-19)26(30)31/h1-3,6-11,21,23-25,28H,4-5,12-17H2,(H,30,31)/t23-,24+,25?/m0/s1. The molecule has 0 radical (unpaired) electrons. The molecule has 4 rings (SSSR count). The Labute approximate surface area is 184 Å². The lowest BCUT2D eigenvalue weighted by molar-refractivity contribution is 0.0697. The molecule has 0 spiro atoms. The summed E-state index contributed by atoms with van der Waals surface area (Å²) < 4.78 is 0. The second-order valence-electron chi connectivity index (χ2n) is 8.92. The minimum atomic E-state index is -0.878. The Morgan fingerprint density at radius 2 is 1.84 bits per heavy atom. The number of carbonyl (C=O) groups is 1. The lowest BCUT2D eigenvalue weighted by atomic mass is 9.89. The van der Waals surface area contributed by atoms with E-state index in [1.54, 1.807) is 12.1 Å². The van der Waals surface area contributed by atoms with E-state index in [0.717, 1.165) is 51.7 Å². The molecule has 1 saturated carbocycles. The van der Waals surface area contributed by atoms with Crippen molar-refractivity contribution in [2.75, 3.05) is 19.6 Å². The smallest absolute Gasteiger partial charge is 0.335 e. The van der Waals surface area contributed by atoms with Crippen LogP contribution in [0.4, 0.5) is 0 Å². The van der Waals surface area contributed by atoms with E-state index in [1.807, 2.05) is 12.1 Å². The first-order valence-electron chi connectivity index (χ1n) is 11.4. The zero-order valence-electron chi connectivity index (χ0n) is 17.9. The molecular formula is C26H31N3O2. The van der Waals surface area contributed by atoms with Gasteiger partial charge in [0.1, 0.15) is 0 Å². The van der Waals surface area contributed by atoms with Crippen LogP contribution < -0.4 is 5.32 Å². The third kappa shape index (κ3) is 5.72. The largest absolute Gasteiger partial charge is 0.478 e. The number of benzene rings is 2. The van der Waals surface area contributed by atoms with Crippen LogP contribution in [0.3, 0.4) is 0 Å². The molecule has 1 heterocycles. The van der Waals surface area contributed by atoms with Crippen LogP contribution in [0.5, 0.6) is 0 Å². The normalized spacial score (nSPS) is 22.5. The van der Waals surface area contributed by atoms with Crippen molar-refractivity contribution in [2.24, 2.45) is 5.92 Å². The third-order valence-electron chi connectivity index (χ3n) is 6.80. The maximum atomic E-state index is 10.9. The van der Waals surface area contributed by atoms with Gasteiger partial charge < -0.3 is 10.0 Å². The minimum Gasteiger partial charge on any atom is -0.478 e. The highest BCUT2D eigenvalue weighted by Crippen LogP contribution is 2.41. The number of nitrogens with zero attached hydrogens (tertiary/aromatic N) is 2. The zero-order valence-corrected chi connectivity index (χ0v) is 17.9. The maximum Gasteiger partial charge on any atom is 0.335 e. The zero-order chi connectivity index (χ0) is 21.6. The fourth-order valence-electron chi connectivity index (χ4n) is 4.79. The molecule has 0 amide bonds. The number of aryl methyl sites for hydroxylation is 1. The van der Waals surface area contributed by atoms with Gasteiger partial charge in [0.2, 0.25) is 0 Å². The molecule has 2 aromatic carbocycles. The third-order valence-corrected chi connectivity index (χ3v) is 6.80. The Bertz CT molecular complexity index is 898. The summed E-state index contributed by atoms with van der Waals surface area (Å²) in [5.74, 6) is 0.111. The van der Waals surface area contributed by atoms with Crippen LogP contribution in [0.1, 0.15) is 53.1 Å². The van der Waals surface area contributed by atoms with Crippen molar-refractivity contribution in [1.82, 2.24) is 10.2 Å². The molecule has 2 N–H and O–H groups in total. The number of nitriles is 1. The molecule has 162 valence electrons. The number of piperidine rings is 1. The molecule has 1 aliphatic carbocycles. The van der Waals surface area contributed by atoms with Crippen LogP contribution in [-0.2, 0) is 6.42 Å². The highest BCUT2D eigenvalue weighted by atomic mass is 16.4. The molecule has 1 saturated heterocycles. The van der Waals surface area contributed by atoms with Gasteiger partial charge in [-0.15, -0.1) is 0 Å². The Kier molecular flexibility index (Phi) is 7.01. The quantitative estimate of drug-likeness (QED) is 0.643. The maximum absolute atomic E-state index is 10.9. The van der Waals surface area contributed by atoms with Crippen molar-refractivity contribution in [3.8, 4) is 6.07 Å². The summed E-state index contributed by atoms with van der Waals surface area (Å²) in [6, 6.07) is 20.7. The summed E-state index contributed by atoms with van der Waals surface area (Å²) in [4.78, 5) is 13.4. The Balaban J connectivity index is 1.17. The van der Waals surface area contributed by atoms with Crippen molar-refractivity contribution in [3.63, 3.8) is 0 Å². The molecule has 0 bridgehead atoms. The second-order valence-corrected chi connectivity index (χ2v) is 8.92. The number of carboxylic acids is 1. The van der Waals surface area contributed by atoms with Gasteiger partial charge in [-0.05, 0) is 80.9 Å². The van der Waals surface area contributed by atoms with Crippen LogP contribution in [0, 0.1) is 17.2 Å². The van der Waals surface area contributed by atoms with Gasteiger partial charge in [-0.25, -0.2) is 4.79 Å². The molecule has 1 unspecified atom stereocenters. The predicted octanol–water partition coefficient (Wildman–Crippen LogP) is 4.07. The Morgan fingerprint density at radius 3 is 2.48 bits per heavy atom. The molecule has 2 aromatic rings. The van der Waals surface area contributed by atoms with Gasteiger partial charge >= 0.3 is 5.97 Å². The fraction of sp³-hybridized carbons (Fsp3) is 0.462. The van der Waals surface area contributed by atoms with Crippen molar-refractivity contribution in [3.05, 3.63) is 71.3 Å². The van der Waals surface area contributed by atoms with Crippen LogP contribution >= 0.6 is 0 Å². The number of aromatic carboxylic acids is 1. The van der Waals surface area contributed by atoms with E-state index in [-0.39, 0.29) is 6.04 Å². The van der Waals surface area contributed by atoms with Gasteiger partial charge in [0.05, 0.1) is 17.7 Å². The summed E-state index contributed by atoms with van der Waals surface area (Å²) in [5.41, 5.74) is 2.91. The number of rotatable bonds is 9. The van der Waals surface area contributed by atoms with Crippen molar-refractivity contribution in [2.45, 2.75) is 50.1 Å². The number of likely N-dealkylation sites (tertiary alicyclic amines) is 1. The monoisotopic (exact) mass is 417 g/mol. The fourth-order valence-corrected chi connectivity index (χ4v) is 4.79. The summed E-state index contributed by atoms with van der Waals surface area (Å²) in [5, 5.41) is 22.4. The average Bonchev–Trinajstić information content (AvgIpc) is 3.58. The lowest BCUT2D eigenvalue weighted by Crippen LogP contribution is -2.44. The van der Waals surface area contributed by atoms with E-state index in [0.29, 0.717) is 23.4 Å². The molecule has 2 aliphatic rings. The van der Waals surface area contributed by atoms with Gasteiger partial charge in [0, 0.05) is 12.0 Å². The topological polar surface area (TPSA) is 76.4 Å². The van der Waals surface area contributed by atoms with Crippen LogP contribution in [0.25, 0.3) is 0 Å². The number of hydrogen-bond acceptors (Lipinski definition) is 4. The summed E-state index contributed by atoms with van der Waals surface area (Å²) in [6.45, 7) is 3.15. The Morgan fingerprint density at radius 1 is 1.13 bits per heavy atom. The molecule has 5 nitrogen and oxygen atoms in total. The van der Waals surface area contributed by atoms with Crippen molar-refractivity contribution in [1.29, 1.82) is 5.26 Å². The Hall–Kier alpha value is -2.68. The number of nitrogens with one attached hydrogen (secondary N) is 1. The molecule has 0 aromatic heterocycles. The lowest BCUT2D eigenvalue weighted by Gasteiger charge is -2.34. The van der Waals surface area contributed by atoms with E-state index in [2.05, 4.69) is 46.6 Å². The predicted molar refractivity (Wildman–Crippen MR) is 121 cm³/mol. The molecule has 1 aliphatic heterocycles. The van der Waals surface area contributed by atoms with Crippen LogP contribution in [-0.4, -0.2) is 47.7 Å². The van der Waals surface area contributed by atoms with E-state index in [1.165, 1.54) is 11.1 Å². The first kappa shape index (κ1) is 21.5. The first-order valence-corrected chi connectivity index (χ1v) is 11.4. The second kappa shape index (κ2) is 10.1. The highest BCUT2D eigenvalue weighted by Gasteiger charge is 2.41. The van der Waals surface area contributed by atoms with Gasteiger partial charge in [-0.3, -0.25) is 5.32 Å². The van der Waals surface area contributed by atoms with Gasteiger partial charge in [0.15, 0.2) is 0 Å². The van der Waals surface area contributed by atoms with Crippen molar-refractivity contribution < 1.29 is 9.90 Å². The average molecular weight is 418 g/mol. The molecular weight excluding hydrogens is 386 g/mol. The summed E-state index contributed by atoms with van der Waals surface area (Å²) in [7, 11) is 0. The summed E-state index contributed by atoms with van der Waals surface area (Å²) >= 11 is 0. The highest BCUT2D eigenvalue weighted by molar-refractivity contribution is 5.87. The van der Waals surface area contributed by atoms with E-state index < -0.39 is 5.97 Å². The van der Waals surface area contributed by atoms with E-state index in [9.17, 15) is 10.1 Å². The molecule has 31 heavy (non-hydrogen) atoms. The number of carboxylic acid groups (broad SMARTS) is 1. The van der Waals surface area contributed by atoms with Gasteiger partial charge in [-0.1, -0.05) is 42.5 Å². The summed E-state index contributed by atoms with van der Waals surface area (Å²) in [6.07, 6.45) is 5.31. The minimum absolute atomic E-state index is 0.0476. The van der Waals surface area contributed by atoms with Crippen LogP contribution in [0.2, 0.25) is 0 Å². The first-order chi connectivity index (χ1) is 15.1. The van der Waals surface area contributed by atoms with Gasteiger partial charge in [-0.2, -0.15) is 5.26 Å². The SMILES string of the molecule is N#CC(N[C@@H]1C[C@H]1c1ccccc1)C1CCN(CCCc2ccc(C(=O)O)cc2)CC1. The van der Waals surface area contributed by atoms with E-state index >= 15 is 0 Å². The molecule has 5 heteroatoms. The van der Waals surface area contributed by atoms with Gasteiger partial charge in [0.25, 0.3) is 0 Å². The molecule has 3 atom stereocenters. The van der Waals surface area contributed by atoms with Crippen molar-refractivity contribution >= 4 is 5.97 Å². The molecule has 2 fully saturated rings. The number of hydrogen-bond donors (Lipinski definition) is 2.